The number of methoxy groups -OCH3 is 1. The van der Waals surface area contributed by atoms with E-state index in [1.54, 1.807) is 0 Å². The standard InChI is InChI=1S/C12H15ClO2/c1-8-5-4-6-10(9(8)2)7-11(13)12(14)15-3/h4-6,11H,7H2,1-3H3. The van der Waals surface area contributed by atoms with E-state index in [4.69, 9.17) is 11.6 Å². The first-order valence-electron chi connectivity index (χ1n) is 4.83. The zero-order valence-electron chi connectivity index (χ0n) is 9.21. The van der Waals surface area contributed by atoms with Gasteiger partial charge >= 0.3 is 5.97 Å². The van der Waals surface area contributed by atoms with Crippen molar-refractivity contribution in [2.75, 3.05) is 7.11 Å². The molecule has 0 aromatic heterocycles. The van der Waals surface area contributed by atoms with Crippen LogP contribution in [0.1, 0.15) is 16.7 Å². The van der Waals surface area contributed by atoms with Crippen LogP contribution in [0.3, 0.4) is 0 Å². The first-order chi connectivity index (χ1) is 7.06. The summed E-state index contributed by atoms with van der Waals surface area (Å²) in [4.78, 5) is 11.2. The molecule has 1 aromatic carbocycles. The first-order valence-corrected chi connectivity index (χ1v) is 5.27. The fourth-order valence-electron chi connectivity index (χ4n) is 1.44. The topological polar surface area (TPSA) is 26.3 Å². The summed E-state index contributed by atoms with van der Waals surface area (Å²) in [5.74, 6) is -0.377. The minimum atomic E-state index is -0.601. The molecule has 1 unspecified atom stereocenters. The lowest BCUT2D eigenvalue weighted by molar-refractivity contribution is -0.140. The highest BCUT2D eigenvalue weighted by atomic mass is 35.5. The first kappa shape index (κ1) is 12.1. The zero-order chi connectivity index (χ0) is 11.4. The van der Waals surface area contributed by atoms with Crippen molar-refractivity contribution in [2.24, 2.45) is 0 Å². The molecular formula is C12H15ClO2. The van der Waals surface area contributed by atoms with Gasteiger partial charge in [-0.1, -0.05) is 18.2 Å². The fourth-order valence-corrected chi connectivity index (χ4v) is 1.69. The number of ether oxygens (including phenoxy) is 1. The van der Waals surface area contributed by atoms with E-state index < -0.39 is 5.38 Å². The van der Waals surface area contributed by atoms with Crippen molar-refractivity contribution in [3.05, 3.63) is 34.9 Å². The van der Waals surface area contributed by atoms with Crippen LogP contribution in [-0.2, 0) is 16.0 Å². The molecule has 82 valence electrons. The maximum Gasteiger partial charge on any atom is 0.324 e. The molecule has 1 atom stereocenters. The highest BCUT2D eigenvalue weighted by Crippen LogP contribution is 2.17. The average Bonchev–Trinajstić information content (AvgIpc) is 2.23. The van der Waals surface area contributed by atoms with E-state index in [0.717, 1.165) is 5.56 Å². The van der Waals surface area contributed by atoms with Crippen molar-refractivity contribution in [1.29, 1.82) is 0 Å². The SMILES string of the molecule is COC(=O)C(Cl)Cc1cccc(C)c1C. The summed E-state index contributed by atoms with van der Waals surface area (Å²) in [7, 11) is 1.35. The van der Waals surface area contributed by atoms with Crippen LogP contribution in [0, 0.1) is 13.8 Å². The fraction of sp³-hybridized carbons (Fsp3) is 0.417. The molecule has 1 rings (SSSR count). The van der Waals surface area contributed by atoms with E-state index >= 15 is 0 Å². The Kier molecular flexibility index (Phi) is 4.15. The van der Waals surface area contributed by atoms with Crippen LogP contribution in [-0.4, -0.2) is 18.5 Å². The molecule has 0 saturated carbocycles. The molecule has 0 aliphatic carbocycles. The second-order valence-electron chi connectivity index (χ2n) is 3.55. The highest BCUT2D eigenvalue weighted by molar-refractivity contribution is 6.30. The number of carbonyl (C=O) groups is 1. The van der Waals surface area contributed by atoms with Gasteiger partial charge < -0.3 is 4.74 Å². The lowest BCUT2D eigenvalue weighted by Crippen LogP contribution is -2.19. The maximum absolute atomic E-state index is 11.2. The largest absolute Gasteiger partial charge is 0.468 e. The van der Waals surface area contributed by atoms with Crippen LogP contribution < -0.4 is 0 Å². The molecule has 0 aliphatic heterocycles. The van der Waals surface area contributed by atoms with Crippen molar-refractivity contribution in [2.45, 2.75) is 25.6 Å². The van der Waals surface area contributed by atoms with Gasteiger partial charge in [-0.05, 0) is 37.0 Å². The van der Waals surface area contributed by atoms with E-state index in [1.165, 1.54) is 18.2 Å². The predicted molar refractivity (Wildman–Crippen MR) is 61.3 cm³/mol. The molecule has 0 saturated heterocycles. The van der Waals surface area contributed by atoms with Gasteiger partial charge in [-0.3, -0.25) is 4.79 Å². The maximum atomic E-state index is 11.2. The Bertz CT molecular complexity index is 361. The minimum Gasteiger partial charge on any atom is -0.468 e. The van der Waals surface area contributed by atoms with E-state index in [-0.39, 0.29) is 5.97 Å². The Morgan fingerprint density at radius 2 is 2.13 bits per heavy atom. The second kappa shape index (κ2) is 5.17. The molecule has 0 radical (unpaired) electrons. The molecule has 0 aliphatic rings. The third kappa shape index (κ3) is 2.96. The molecule has 3 heteroatoms. The molecule has 0 spiro atoms. The summed E-state index contributed by atoms with van der Waals surface area (Å²) < 4.78 is 4.58. The lowest BCUT2D eigenvalue weighted by atomic mass is 10.00. The number of rotatable bonds is 3. The van der Waals surface area contributed by atoms with Crippen molar-refractivity contribution in [1.82, 2.24) is 0 Å². The summed E-state index contributed by atoms with van der Waals surface area (Å²) >= 11 is 5.92. The van der Waals surface area contributed by atoms with Crippen molar-refractivity contribution < 1.29 is 9.53 Å². The number of aryl methyl sites for hydroxylation is 1. The van der Waals surface area contributed by atoms with Crippen LogP contribution in [0.5, 0.6) is 0 Å². The summed E-state index contributed by atoms with van der Waals surface area (Å²) in [5.41, 5.74) is 3.49. The molecule has 0 N–H and O–H groups in total. The monoisotopic (exact) mass is 226 g/mol. The van der Waals surface area contributed by atoms with Crippen LogP contribution in [0.4, 0.5) is 0 Å². The molecule has 1 aromatic rings. The van der Waals surface area contributed by atoms with Crippen LogP contribution in [0.15, 0.2) is 18.2 Å². The van der Waals surface area contributed by atoms with Crippen molar-refractivity contribution >= 4 is 17.6 Å². The van der Waals surface area contributed by atoms with Crippen LogP contribution >= 0.6 is 11.6 Å². The van der Waals surface area contributed by atoms with Gasteiger partial charge in [-0.15, -0.1) is 11.6 Å². The summed E-state index contributed by atoms with van der Waals surface area (Å²) in [6.07, 6.45) is 0.516. The second-order valence-corrected chi connectivity index (χ2v) is 4.08. The molecule has 0 bridgehead atoms. The molecule has 0 amide bonds. The van der Waals surface area contributed by atoms with Gasteiger partial charge in [0, 0.05) is 0 Å². The van der Waals surface area contributed by atoms with Gasteiger partial charge in [-0.25, -0.2) is 0 Å². The number of hydrogen-bond acceptors (Lipinski definition) is 2. The third-order valence-electron chi connectivity index (χ3n) is 2.57. The Labute approximate surface area is 95.2 Å². The van der Waals surface area contributed by atoms with Gasteiger partial charge in [0.1, 0.15) is 5.38 Å². The van der Waals surface area contributed by atoms with Crippen molar-refractivity contribution in [3.63, 3.8) is 0 Å². The molecule has 15 heavy (non-hydrogen) atoms. The molecule has 0 fully saturated rings. The average molecular weight is 227 g/mol. The Morgan fingerprint density at radius 1 is 1.47 bits per heavy atom. The molecular weight excluding hydrogens is 212 g/mol. The zero-order valence-corrected chi connectivity index (χ0v) is 9.97. The van der Waals surface area contributed by atoms with Crippen molar-refractivity contribution in [3.8, 4) is 0 Å². The van der Waals surface area contributed by atoms with Gasteiger partial charge in [0.15, 0.2) is 0 Å². The van der Waals surface area contributed by atoms with E-state index in [0.29, 0.717) is 6.42 Å². The Balaban J connectivity index is 2.81. The number of halogens is 1. The predicted octanol–water partition coefficient (Wildman–Crippen LogP) is 2.63. The molecule has 2 nitrogen and oxygen atoms in total. The number of esters is 1. The normalized spacial score (nSPS) is 12.3. The minimum absolute atomic E-state index is 0.377. The summed E-state index contributed by atoms with van der Waals surface area (Å²) in [6.45, 7) is 4.08. The highest BCUT2D eigenvalue weighted by Gasteiger charge is 2.17. The Hall–Kier alpha value is -1.02. The summed E-state index contributed by atoms with van der Waals surface area (Å²) in [5, 5.41) is -0.601. The van der Waals surface area contributed by atoms with E-state index in [1.807, 2.05) is 32.0 Å². The Morgan fingerprint density at radius 3 is 2.73 bits per heavy atom. The van der Waals surface area contributed by atoms with Crippen LogP contribution in [0.25, 0.3) is 0 Å². The number of benzene rings is 1. The number of carbonyl (C=O) groups excluding carboxylic acids is 1. The van der Waals surface area contributed by atoms with Crippen LogP contribution in [0.2, 0.25) is 0 Å². The lowest BCUT2D eigenvalue weighted by Gasteiger charge is -2.11. The van der Waals surface area contributed by atoms with Gasteiger partial charge in [0.25, 0.3) is 0 Å². The third-order valence-corrected chi connectivity index (χ3v) is 2.91. The quantitative estimate of drug-likeness (QED) is 0.585. The van der Waals surface area contributed by atoms with Gasteiger partial charge in [0.05, 0.1) is 7.11 Å². The molecule has 0 heterocycles. The van der Waals surface area contributed by atoms with E-state index in [2.05, 4.69) is 4.74 Å². The smallest absolute Gasteiger partial charge is 0.324 e. The van der Waals surface area contributed by atoms with Gasteiger partial charge in [-0.2, -0.15) is 0 Å². The summed E-state index contributed by atoms with van der Waals surface area (Å²) in [6, 6.07) is 6.00. The number of hydrogen-bond donors (Lipinski definition) is 0. The van der Waals surface area contributed by atoms with E-state index in [9.17, 15) is 4.79 Å². The number of alkyl halides is 1. The van der Waals surface area contributed by atoms with Gasteiger partial charge in [0.2, 0.25) is 0 Å².